The van der Waals surface area contributed by atoms with E-state index in [1.54, 1.807) is 0 Å². The third kappa shape index (κ3) is 3.98. The first kappa shape index (κ1) is 16.3. The summed E-state index contributed by atoms with van der Waals surface area (Å²) in [4.78, 5) is 2.20. The molecule has 1 heterocycles. The molecule has 2 rings (SSSR count). The zero-order valence-corrected chi connectivity index (χ0v) is 14.0. The molecule has 1 atom stereocenters. The highest BCUT2D eigenvalue weighted by molar-refractivity contribution is 7.91. The summed E-state index contributed by atoms with van der Waals surface area (Å²) in [6.07, 6.45) is 1.71. The van der Waals surface area contributed by atoms with Crippen molar-refractivity contribution in [3.05, 3.63) is 29.3 Å². The van der Waals surface area contributed by atoms with Crippen LogP contribution in [0.25, 0.3) is 0 Å². The fraction of sp³-hybridized carbons (Fsp3) is 0.625. The van der Waals surface area contributed by atoms with Gasteiger partial charge in [-0.1, -0.05) is 19.1 Å². The Morgan fingerprint density at radius 1 is 1.33 bits per heavy atom. The Bertz CT molecular complexity index is 584. The van der Waals surface area contributed by atoms with Crippen molar-refractivity contribution in [2.75, 3.05) is 36.5 Å². The second-order valence-corrected chi connectivity index (χ2v) is 8.09. The fourth-order valence-electron chi connectivity index (χ4n) is 2.82. The number of hydrogen-bond donors (Lipinski definition) is 1. The van der Waals surface area contributed by atoms with Crippen LogP contribution in [0.1, 0.15) is 37.4 Å². The molecule has 0 radical (unpaired) electrons. The second kappa shape index (κ2) is 6.79. The molecule has 21 heavy (non-hydrogen) atoms. The molecule has 0 saturated heterocycles. The Kier molecular flexibility index (Phi) is 5.27. The first-order valence-corrected chi connectivity index (χ1v) is 9.54. The molecule has 0 saturated carbocycles. The fourth-order valence-corrected chi connectivity index (χ4v) is 4.15. The van der Waals surface area contributed by atoms with Gasteiger partial charge >= 0.3 is 0 Å². The maximum atomic E-state index is 11.8. The first-order valence-electron chi connectivity index (χ1n) is 7.72. The normalized spacial score (nSPS) is 16.0. The molecule has 0 aliphatic carbocycles. The molecule has 0 spiro atoms. The van der Waals surface area contributed by atoms with Gasteiger partial charge < -0.3 is 10.2 Å². The van der Waals surface area contributed by atoms with Gasteiger partial charge in [-0.2, -0.15) is 0 Å². The van der Waals surface area contributed by atoms with E-state index in [0.29, 0.717) is 24.8 Å². The summed E-state index contributed by atoms with van der Waals surface area (Å²) < 4.78 is 23.7. The van der Waals surface area contributed by atoms with Crippen LogP contribution in [0.2, 0.25) is 0 Å². The number of nitrogens with one attached hydrogen (secondary N) is 1. The van der Waals surface area contributed by atoms with Crippen LogP contribution in [-0.4, -0.2) is 40.1 Å². The lowest BCUT2D eigenvalue weighted by Crippen LogP contribution is -2.28. The largest absolute Gasteiger partial charge is 0.370 e. The summed E-state index contributed by atoms with van der Waals surface area (Å²) in [6.45, 7) is 5.59. The first-order chi connectivity index (χ1) is 9.96. The van der Waals surface area contributed by atoms with Gasteiger partial charge in [-0.3, -0.25) is 0 Å². The van der Waals surface area contributed by atoms with Crippen molar-refractivity contribution in [1.29, 1.82) is 0 Å². The van der Waals surface area contributed by atoms with Crippen molar-refractivity contribution < 1.29 is 8.42 Å². The highest BCUT2D eigenvalue weighted by atomic mass is 32.2. The van der Waals surface area contributed by atoms with Gasteiger partial charge in [0.15, 0.2) is 9.84 Å². The highest BCUT2D eigenvalue weighted by Crippen LogP contribution is 2.30. The average Bonchev–Trinajstić information content (AvgIpc) is 2.86. The summed E-state index contributed by atoms with van der Waals surface area (Å²) >= 11 is 0. The van der Waals surface area contributed by atoms with E-state index in [1.807, 2.05) is 14.0 Å². The number of fused-ring (bicyclic) bond motifs is 1. The van der Waals surface area contributed by atoms with E-state index < -0.39 is 9.84 Å². The molecule has 1 unspecified atom stereocenters. The van der Waals surface area contributed by atoms with E-state index in [2.05, 4.69) is 35.3 Å². The van der Waals surface area contributed by atoms with Gasteiger partial charge in [0.1, 0.15) is 0 Å². The van der Waals surface area contributed by atoms with Crippen molar-refractivity contribution in [3.63, 3.8) is 0 Å². The van der Waals surface area contributed by atoms with E-state index in [4.69, 9.17) is 0 Å². The molecule has 1 aromatic rings. The summed E-state index contributed by atoms with van der Waals surface area (Å²) in [7, 11) is -0.938. The lowest BCUT2D eigenvalue weighted by Gasteiger charge is -2.20. The second-order valence-electron chi connectivity index (χ2n) is 5.79. The smallest absolute Gasteiger partial charge is 0.152 e. The van der Waals surface area contributed by atoms with Crippen molar-refractivity contribution in [1.82, 2.24) is 5.32 Å². The van der Waals surface area contributed by atoms with Gasteiger partial charge in [-0.05, 0) is 44.0 Å². The van der Waals surface area contributed by atoms with Crippen molar-refractivity contribution in [2.24, 2.45) is 0 Å². The Morgan fingerprint density at radius 3 is 2.76 bits per heavy atom. The third-order valence-electron chi connectivity index (χ3n) is 4.22. The molecule has 1 aromatic carbocycles. The maximum absolute atomic E-state index is 11.8. The van der Waals surface area contributed by atoms with Gasteiger partial charge in [0, 0.05) is 30.6 Å². The van der Waals surface area contributed by atoms with Crippen LogP contribution in [0.3, 0.4) is 0 Å². The Balaban J connectivity index is 2.05. The Morgan fingerprint density at radius 2 is 2.10 bits per heavy atom. The van der Waals surface area contributed by atoms with Crippen molar-refractivity contribution >= 4 is 15.5 Å². The predicted octanol–water partition coefficient (Wildman–Crippen LogP) is 2.15. The quantitative estimate of drug-likeness (QED) is 0.838. The van der Waals surface area contributed by atoms with Crippen molar-refractivity contribution in [3.8, 4) is 0 Å². The molecule has 1 N–H and O–H groups in total. The zero-order valence-electron chi connectivity index (χ0n) is 13.2. The van der Waals surface area contributed by atoms with Crippen LogP contribution in [0.15, 0.2) is 18.2 Å². The van der Waals surface area contributed by atoms with E-state index in [1.165, 1.54) is 16.8 Å². The molecule has 1 aliphatic rings. The molecule has 1 aliphatic heterocycles. The molecule has 4 nitrogen and oxygen atoms in total. The van der Waals surface area contributed by atoms with E-state index in [9.17, 15) is 8.42 Å². The van der Waals surface area contributed by atoms with Crippen LogP contribution in [-0.2, 0) is 16.3 Å². The minimum absolute atomic E-state index is 0.259. The molecule has 0 fully saturated rings. The van der Waals surface area contributed by atoms with E-state index in [0.717, 1.165) is 13.0 Å². The van der Waals surface area contributed by atoms with Crippen LogP contribution in [0.4, 0.5) is 5.69 Å². The van der Waals surface area contributed by atoms with Gasteiger partial charge in [-0.25, -0.2) is 8.42 Å². The molecule has 0 bridgehead atoms. The van der Waals surface area contributed by atoms with E-state index >= 15 is 0 Å². The Labute approximate surface area is 128 Å². The number of hydrogen-bond acceptors (Lipinski definition) is 4. The minimum atomic E-state index is -2.90. The SMILES string of the molecule is CCCS(=O)(=O)CCN1CCc2cc(C(C)NC)ccc21. The number of anilines is 1. The number of benzene rings is 1. The lowest BCUT2D eigenvalue weighted by molar-refractivity contribution is 0.593. The Hall–Kier alpha value is -1.07. The number of nitrogens with zero attached hydrogens (tertiary/aromatic N) is 1. The minimum Gasteiger partial charge on any atom is -0.370 e. The van der Waals surface area contributed by atoms with Crippen LogP contribution in [0, 0.1) is 0 Å². The van der Waals surface area contributed by atoms with Gasteiger partial charge in [0.2, 0.25) is 0 Å². The van der Waals surface area contributed by atoms with Gasteiger partial charge in [0.05, 0.1) is 5.75 Å². The average molecular weight is 310 g/mol. The zero-order chi connectivity index (χ0) is 15.5. The topological polar surface area (TPSA) is 49.4 Å². The molecule has 118 valence electrons. The van der Waals surface area contributed by atoms with Crippen molar-refractivity contribution in [2.45, 2.75) is 32.7 Å². The number of sulfone groups is 1. The molecular weight excluding hydrogens is 284 g/mol. The molecule has 0 aromatic heterocycles. The summed E-state index contributed by atoms with van der Waals surface area (Å²) in [6, 6.07) is 6.86. The molecule has 0 amide bonds. The predicted molar refractivity (Wildman–Crippen MR) is 88.8 cm³/mol. The molecule has 5 heteroatoms. The summed E-state index contributed by atoms with van der Waals surface area (Å²) in [5.74, 6) is 0.557. The summed E-state index contributed by atoms with van der Waals surface area (Å²) in [5.41, 5.74) is 3.83. The van der Waals surface area contributed by atoms with Crippen LogP contribution in [0.5, 0.6) is 0 Å². The highest BCUT2D eigenvalue weighted by Gasteiger charge is 2.21. The van der Waals surface area contributed by atoms with Crippen LogP contribution >= 0.6 is 0 Å². The third-order valence-corrected chi connectivity index (χ3v) is 6.05. The van der Waals surface area contributed by atoms with E-state index in [-0.39, 0.29) is 5.75 Å². The lowest BCUT2D eigenvalue weighted by atomic mass is 10.0. The standard InChI is InChI=1S/C16H26N2O2S/c1-4-10-21(19,20)11-9-18-8-7-15-12-14(13(2)17-3)5-6-16(15)18/h5-6,12-13,17H,4,7-11H2,1-3H3. The molecular formula is C16H26N2O2S. The van der Waals surface area contributed by atoms with Gasteiger partial charge in [0.25, 0.3) is 0 Å². The summed E-state index contributed by atoms with van der Waals surface area (Å²) in [5, 5.41) is 3.25. The van der Waals surface area contributed by atoms with Crippen LogP contribution < -0.4 is 10.2 Å². The number of rotatable bonds is 7. The van der Waals surface area contributed by atoms with Gasteiger partial charge in [-0.15, -0.1) is 0 Å². The maximum Gasteiger partial charge on any atom is 0.152 e. The monoisotopic (exact) mass is 310 g/mol.